The number of hydrogen-bond donors (Lipinski definition) is 2. The van der Waals surface area contributed by atoms with Gasteiger partial charge >= 0.3 is 0 Å². The molecule has 2 nitrogen and oxygen atoms in total. The number of anilines is 2. The first-order valence-electron chi connectivity index (χ1n) is 4.65. The molecule has 1 aromatic rings. The van der Waals surface area contributed by atoms with Crippen LogP contribution in [0.3, 0.4) is 0 Å². The van der Waals surface area contributed by atoms with Gasteiger partial charge in [-0.25, -0.2) is 0 Å². The van der Waals surface area contributed by atoms with Crippen LogP contribution < -0.4 is 11.1 Å². The molecule has 0 saturated heterocycles. The van der Waals surface area contributed by atoms with Crippen LogP contribution in [0.4, 0.5) is 11.4 Å². The number of benzene rings is 1. The highest BCUT2D eigenvalue weighted by atomic mass is 35.5. The summed E-state index contributed by atoms with van der Waals surface area (Å²) in [7, 11) is 0. The Balaban J connectivity index is 2.10. The van der Waals surface area contributed by atoms with E-state index in [9.17, 15) is 0 Å². The number of nitrogens with one attached hydrogen (secondary N) is 1. The fourth-order valence-electron chi connectivity index (χ4n) is 1.29. The van der Waals surface area contributed by atoms with Crippen molar-refractivity contribution in [3.63, 3.8) is 0 Å². The molecule has 76 valence electrons. The lowest BCUT2D eigenvalue weighted by Crippen LogP contribution is -2.05. The molecule has 1 aromatic carbocycles. The molecule has 1 aliphatic carbocycles. The predicted molar refractivity (Wildman–Crippen MR) is 62.1 cm³/mol. The minimum absolute atomic E-state index is 0.501. The van der Waals surface area contributed by atoms with Crippen molar-refractivity contribution in [2.24, 2.45) is 5.92 Å². The second-order valence-electron chi connectivity index (χ2n) is 3.68. The molecule has 4 heteroatoms. The molecule has 0 aromatic heterocycles. The summed E-state index contributed by atoms with van der Waals surface area (Å²) in [5.74, 6) is 0.809. The number of rotatable bonds is 3. The third kappa shape index (κ3) is 2.25. The van der Waals surface area contributed by atoms with E-state index in [-0.39, 0.29) is 0 Å². The topological polar surface area (TPSA) is 38.0 Å². The summed E-state index contributed by atoms with van der Waals surface area (Å²) >= 11 is 11.7. The molecular formula is C10H12Cl2N2. The Hall–Kier alpha value is -0.600. The van der Waals surface area contributed by atoms with E-state index in [1.54, 1.807) is 12.1 Å². The average Bonchev–Trinajstić information content (AvgIpc) is 2.92. The van der Waals surface area contributed by atoms with E-state index in [1.165, 1.54) is 12.8 Å². The number of nitrogen functional groups attached to an aromatic ring is 1. The van der Waals surface area contributed by atoms with Crippen molar-refractivity contribution in [1.29, 1.82) is 0 Å². The van der Waals surface area contributed by atoms with Crippen LogP contribution in [0, 0.1) is 5.92 Å². The Kier molecular flexibility index (Phi) is 2.75. The van der Waals surface area contributed by atoms with Gasteiger partial charge in [-0.3, -0.25) is 0 Å². The van der Waals surface area contributed by atoms with Gasteiger partial charge in [0.25, 0.3) is 0 Å². The van der Waals surface area contributed by atoms with Crippen LogP contribution in [-0.2, 0) is 0 Å². The maximum absolute atomic E-state index is 5.89. The summed E-state index contributed by atoms with van der Waals surface area (Å²) < 4.78 is 0. The van der Waals surface area contributed by atoms with Gasteiger partial charge in [-0.2, -0.15) is 0 Å². The van der Waals surface area contributed by atoms with Gasteiger partial charge in [0.05, 0.1) is 21.4 Å². The normalized spacial score (nSPS) is 15.6. The smallest absolute Gasteiger partial charge is 0.0614 e. The Morgan fingerprint density at radius 2 is 1.93 bits per heavy atom. The lowest BCUT2D eigenvalue weighted by atomic mass is 10.2. The third-order valence-corrected chi connectivity index (χ3v) is 3.09. The van der Waals surface area contributed by atoms with Gasteiger partial charge in [0, 0.05) is 6.54 Å². The molecule has 0 unspecified atom stereocenters. The lowest BCUT2D eigenvalue weighted by molar-refractivity contribution is 0.890. The molecule has 2 rings (SSSR count). The number of halogens is 2. The summed E-state index contributed by atoms with van der Waals surface area (Å²) in [4.78, 5) is 0. The van der Waals surface area contributed by atoms with Crippen molar-refractivity contribution in [2.75, 3.05) is 17.6 Å². The van der Waals surface area contributed by atoms with E-state index in [2.05, 4.69) is 5.32 Å². The zero-order valence-electron chi connectivity index (χ0n) is 7.69. The third-order valence-electron chi connectivity index (χ3n) is 2.37. The Morgan fingerprint density at radius 3 is 2.57 bits per heavy atom. The zero-order chi connectivity index (χ0) is 10.1. The van der Waals surface area contributed by atoms with E-state index >= 15 is 0 Å². The maximum Gasteiger partial charge on any atom is 0.0614 e. The monoisotopic (exact) mass is 230 g/mol. The largest absolute Gasteiger partial charge is 0.397 e. The fraction of sp³-hybridized carbons (Fsp3) is 0.400. The van der Waals surface area contributed by atoms with Crippen LogP contribution in [0.5, 0.6) is 0 Å². The summed E-state index contributed by atoms with van der Waals surface area (Å²) in [5.41, 5.74) is 7.32. The van der Waals surface area contributed by atoms with Gasteiger partial charge in [0.2, 0.25) is 0 Å². The summed E-state index contributed by atoms with van der Waals surface area (Å²) in [6, 6.07) is 3.46. The Bertz CT molecular complexity index is 348. The van der Waals surface area contributed by atoms with E-state index < -0.39 is 0 Å². The average molecular weight is 231 g/mol. The molecule has 1 aliphatic rings. The Labute approximate surface area is 93.4 Å². The molecule has 0 spiro atoms. The first-order chi connectivity index (χ1) is 6.66. The van der Waals surface area contributed by atoms with E-state index in [1.807, 2.05) is 0 Å². The first-order valence-corrected chi connectivity index (χ1v) is 5.41. The second-order valence-corrected chi connectivity index (χ2v) is 4.49. The van der Waals surface area contributed by atoms with Crippen LogP contribution >= 0.6 is 23.2 Å². The van der Waals surface area contributed by atoms with Gasteiger partial charge in [0.15, 0.2) is 0 Å². The van der Waals surface area contributed by atoms with Crippen molar-refractivity contribution < 1.29 is 0 Å². The van der Waals surface area contributed by atoms with Gasteiger partial charge in [-0.15, -0.1) is 0 Å². The number of nitrogens with two attached hydrogens (primary N) is 1. The van der Waals surface area contributed by atoms with Gasteiger partial charge < -0.3 is 11.1 Å². The molecule has 0 radical (unpaired) electrons. The van der Waals surface area contributed by atoms with Crippen LogP contribution in [0.25, 0.3) is 0 Å². The van der Waals surface area contributed by atoms with Crippen LogP contribution in [0.2, 0.25) is 10.0 Å². The molecule has 0 atom stereocenters. The highest BCUT2D eigenvalue weighted by Gasteiger charge is 2.20. The lowest BCUT2D eigenvalue weighted by Gasteiger charge is -2.09. The predicted octanol–water partition coefficient (Wildman–Crippen LogP) is 3.40. The molecule has 0 bridgehead atoms. The van der Waals surface area contributed by atoms with E-state index in [0.717, 1.165) is 18.2 Å². The van der Waals surface area contributed by atoms with E-state index in [0.29, 0.717) is 15.7 Å². The van der Waals surface area contributed by atoms with Crippen molar-refractivity contribution in [2.45, 2.75) is 12.8 Å². The highest BCUT2D eigenvalue weighted by Crippen LogP contribution is 2.33. The van der Waals surface area contributed by atoms with Crippen LogP contribution in [0.15, 0.2) is 12.1 Å². The Morgan fingerprint density at radius 1 is 1.29 bits per heavy atom. The molecule has 0 heterocycles. The van der Waals surface area contributed by atoms with Gasteiger partial charge in [-0.1, -0.05) is 23.2 Å². The minimum atomic E-state index is 0.501. The summed E-state index contributed by atoms with van der Waals surface area (Å²) in [6.45, 7) is 0.974. The molecule has 0 amide bonds. The second kappa shape index (κ2) is 3.87. The zero-order valence-corrected chi connectivity index (χ0v) is 9.20. The van der Waals surface area contributed by atoms with Crippen molar-refractivity contribution in [3.8, 4) is 0 Å². The molecule has 1 fully saturated rings. The van der Waals surface area contributed by atoms with E-state index in [4.69, 9.17) is 28.9 Å². The highest BCUT2D eigenvalue weighted by molar-refractivity contribution is 6.42. The quantitative estimate of drug-likeness (QED) is 0.782. The van der Waals surface area contributed by atoms with Crippen molar-refractivity contribution in [3.05, 3.63) is 22.2 Å². The number of hydrogen-bond acceptors (Lipinski definition) is 2. The first kappa shape index (κ1) is 9.94. The summed E-state index contributed by atoms with van der Waals surface area (Å²) in [5, 5.41) is 4.32. The molecule has 0 aliphatic heterocycles. The van der Waals surface area contributed by atoms with Crippen LogP contribution in [0.1, 0.15) is 12.8 Å². The van der Waals surface area contributed by atoms with Crippen molar-refractivity contribution >= 4 is 34.6 Å². The minimum Gasteiger partial charge on any atom is -0.397 e. The summed E-state index contributed by atoms with van der Waals surface area (Å²) in [6.07, 6.45) is 2.63. The van der Waals surface area contributed by atoms with Crippen molar-refractivity contribution in [1.82, 2.24) is 0 Å². The fourth-order valence-corrected chi connectivity index (χ4v) is 1.63. The molecule has 14 heavy (non-hydrogen) atoms. The molecule has 3 N–H and O–H groups in total. The standard InChI is InChI=1S/C10H12Cl2N2/c11-7-3-9(13)10(4-8(7)12)14-5-6-1-2-6/h3-4,6,14H,1-2,5,13H2. The van der Waals surface area contributed by atoms with Gasteiger partial charge in [0.1, 0.15) is 0 Å². The maximum atomic E-state index is 5.89. The SMILES string of the molecule is Nc1cc(Cl)c(Cl)cc1NCC1CC1. The molecule has 1 saturated carbocycles. The van der Waals surface area contributed by atoms with Crippen LogP contribution in [-0.4, -0.2) is 6.54 Å². The van der Waals surface area contributed by atoms with Gasteiger partial charge in [-0.05, 0) is 30.9 Å². The molecular weight excluding hydrogens is 219 g/mol.